The Morgan fingerprint density at radius 2 is 1.34 bits per heavy atom. The van der Waals surface area contributed by atoms with Crippen molar-refractivity contribution < 1.29 is 34.0 Å². The van der Waals surface area contributed by atoms with Gasteiger partial charge in [0.05, 0.1) is 69.8 Å². The van der Waals surface area contributed by atoms with Gasteiger partial charge in [0.15, 0.2) is 0 Å². The molecule has 1 unspecified atom stereocenters. The number of hydrogen-bond acceptors (Lipinski definition) is 20. The number of aromatic hydroxyl groups is 1. The Bertz CT molecular complexity index is 2240. The van der Waals surface area contributed by atoms with Gasteiger partial charge in [-0.15, -0.1) is 16.6 Å². The highest BCUT2D eigenvalue weighted by atomic mass is 16.5. The van der Waals surface area contributed by atoms with Gasteiger partial charge in [-0.2, -0.15) is 15.0 Å². The normalized spacial score (nSPS) is 16.4. The van der Waals surface area contributed by atoms with Crippen molar-refractivity contribution in [2.75, 3.05) is 127 Å². The fourth-order valence-electron chi connectivity index (χ4n) is 8.04. The Morgan fingerprint density at radius 1 is 0.786 bits per heavy atom. The third kappa shape index (κ3) is 15.0. The third-order valence-electron chi connectivity index (χ3n) is 12.6. The second-order valence-corrected chi connectivity index (χ2v) is 17.4. The van der Waals surface area contributed by atoms with E-state index in [1.165, 1.54) is 0 Å². The number of unbranched alkanes of at least 4 members (excludes halogenated alkanes) is 1. The van der Waals surface area contributed by atoms with Gasteiger partial charge in [-0.25, -0.2) is 9.36 Å². The first-order valence-corrected chi connectivity index (χ1v) is 24.2. The highest BCUT2D eigenvalue weighted by Crippen LogP contribution is 2.26. The van der Waals surface area contributed by atoms with Crippen molar-refractivity contribution in [1.82, 2.24) is 54.7 Å². The summed E-state index contributed by atoms with van der Waals surface area (Å²) in [4.78, 5) is 50.9. The highest BCUT2D eigenvalue weighted by Gasteiger charge is 2.34. The maximum Gasteiger partial charge on any atom is 0.247 e. The average Bonchev–Trinajstić information content (AvgIpc) is 4.10. The molecule has 9 N–H and O–H groups in total. The van der Waals surface area contributed by atoms with Crippen LogP contribution >= 0.6 is 0 Å². The van der Waals surface area contributed by atoms with Crippen molar-refractivity contribution in [1.29, 1.82) is 0 Å². The van der Waals surface area contributed by atoms with Crippen LogP contribution in [0, 0.1) is 18.3 Å². The summed E-state index contributed by atoms with van der Waals surface area (Å²) >= 11 is 0. The number of aliphatic hydroxyl groups is 1. The van der Waals surface area contributed by atoms with Crippen LogP contribution in [0.25, 0.3) is 0 Å². The summed E-state index contributed by atoms with van der Waals surface area (Å²) in [5.41, 5.74) is 20.2. The number of carbonyl (C=O) groups excluding carboxylic acids is 2. The summed E-state index contributed by atoms with van der Waals surface area (Å²) in [6.45, 7) is 10.4. The van der Waals surface area contributed by atoms with Crippen LogP contribution in [0.2, 0.25) is 0 Å². The van der Waals surface area contributed by atoms with E-state index in [-0.39, 0.29) is 42.7 Å². The van der Waals surface area contributed by atoms with Crippen LogP contribution in [-0.4, -0.2) is 188 Å². The van der Waals surface area contributed by atoms with E-state index >= 15 is 0 Å². The Labute approximate surface area is 409 Å². The quantitative estimate of drug-likeness (QED) is 0.0323. The van der Waals surface area contributed by atoms with Crippen molar-refractivity contribution in [2.24, 2.45) is 23.1 Å². The number of phenolic OH excluding ortho intramolecular Hbond substituents is 1. The predicted octanol–water partition coefficient (Wildman–Crippen LogP) is 0.0446. The third-order valence-corrected chi connectivity index (χ3v) is 12.6. The molecule has 0 spiro atoms. The molecule has 24 heteroatoms. The van der Waals surface area contributed by atoms with Crippen molar-refractivity contribution in [2.45, 2.75) is 70.1 Å². The molecule has 70 heavy (non-hydrogen) atoms. The van der Waals surface area contributed by atoms with Gasteiger partial charge < -0.3 is 66.5 Å². The Balaban J connectivity index is 1.14. The van der Waals surface area contributed by atoms with Gasteiger partial charge in [0, 0.05) is 65.3 Å². The lowest BCUT2D eigenvalue weighted by Gasteiger charge is -2.38. The number of nitrogens with zero attached hydrogens (tertiary/aromatic N) is 13. The molecule has 382 valence electrons. The second kappa shape index (κ2) is 27.4. The van der Waals surface area contributed by atoms with Gasteiger partial charge in [-0.05, 0) is 49.4 Å². The number of aliphatic hydroxyl groups excluding tert-OH is 1. The lowest BCUT2D eigenvalue weighted by Crippen LogP contribution is -2.52. The molecule has 24 nitrogen and oxygen atoms in total. The number of nitrogens with one attached hydrogen (secondary N) is 1. The molecule has 2 aliphatic rings. The van der Waals surface area contributed by atoms with Crippen molar-refractivity contribution in [3.8, 4) is 18.1 Å². The number of carbonyl (C=O) groups is 2. The molecule has 0 radical (unpaired) electrons. The average molecular weight is 974 g/mol. The lowest BCUT2D eigenvalue weighted by molar-refractivity contribution is -0.136. The first-order valence-electron chi connectivity index (χ1n) is 24.2. The van der Waals surface area contributed by atoms with Gasteiger partial charge in [0.1, 0.15) is 30.1 Å². The Morgan fingerprint density at radius 3 is 1.93 bits per heavy atom. The molecule has 0 aliphatic carbocycles. The molecule has 0 saturated carbocycles. The Hall–Kier alpha value is -6.07. The maximum absolute atomic E-state index is 14.5. The van der Waals surface area contributed by atoms with E-state index in [2.05, 4.69) is 45.7 Å². The van der Waals surface area contributed by atoms with Gasteiger partial charge in [-0.3, -0.25) is 9.59 Å². The first-order chi connectivity index (χ1) is 34.0. The van der Waals surface area contributed by atoms with E-state index in [4.69, 9.17) is 52.8 Å². The van der Waals surface area contributed by atoms with Crippen LogP contribution in [0.4, 0.5) is 17.8 Å². The summed E-state index contributed by atoms with van der Waals surface area (Å²) < 4.78 is 19.7. The summed E-state index contributed by atoms with van der Waals surface area (Å²) in [7, 11) is 0. The number of aromatic nitrogens is 9. The van der Waals surface area contributed by atoms with Gasteiger partial charge in [0.2, 0.25) is 29.7 Å². The summed E-state index contributed by atoms with van der Waals surface area (Å²) in [5.74, 6) is 3.78. The van der Waals surface area contributed by atoms with Crippen LogP contribution in [0.1, 0.15) is 80.6 Å². The molecule has 1 aromatic carbocycles. The summed E-state index contributed by atoms with van der Waals surface area (Å²) in [6.07, 6.45) is 11.8. The van der Waals surface area contributed by atoms with E-state index in [0.29, 0.717) is 141 Å². The number of nitrogens with two attached hydrogens (primary N) is 3. The van der Waals surface area contributed by atoms with Crippen LogP contribution < -0.4 is 32.3 Å². The lowest BCUT2D eigenvalue weighted by atomic mass is 9.98. The SMILES string of the molecule is C#CCOCCOCCOCCNc1nc(N2CCN(C(=O)[C@@H](Cc3ccc(O)cc3)n3cc([C@@H](N)C(C)CC)nn3)CC2)nc(N2CCN(C(=O)[C@H](CCCCN)n3cc([C@@H](N)CO)nn3)CC2)n1. The molecule has 2 saturated heterocycles. The number of phenols is 1. The van der Waals surface area contributed by atoms with E-state index in [9.17, 15) is 19.8 Å². The number of amides is 2. The molecular formula is C46H71N17O7. The van der Waals surface area contributed by atoms with Crippen LogP contribution in [-0.2, 0) is 30.2 Å². The predicted molar refractivity (Wildman–Crippen MR) is 260 cm³/mol. The monoisotopic (exact) mass is 974 g/mol. The molecule has 2 fully saturated rings. The minimum absolute atomic E-state index is 0.0938. The van der Waals surface area contributed by atoms with E-state index in [1.54, 1.807) is 46.0 Å². The number of ether oxygens (including phenoxy) is 3. The molecule has 5 heterocycles. The molecule has 4 aromatic rings. The fraction of sp³-hybridized carbons (Fsp3) is 0.630. The Kier molecular flexibility index (Phi) is 20.8. The van der Waals surface area contributed by atoms with E-state index < -0.39 is 18.1 Å². The smallest absolute Gasteiger partial charge is 0.247 e. The fourth-order valence-corrected chi connectivity index (χ4v) is 8.04. The summed E-state index contributed by atoms with van der Waals surface area (Å²) in [5, 5.41) is 39.9. The number of rotatable bonds is 28. The largest absolute Gasteiger partial charge is 0.508 e. The van der Waals surface area contributed by atoms with Crippen LogP contribution in [0.3, 0.4) is 0 Å². The zero-order valence-corrected chi connectivity index (χ0v) is 40.5. The maximum atomic E-state index is 14.5. The molecular weight excluding hydrogens is 903 g/mol. The van der Waals surface area contributed by atoms with E-state index in [1.807, 2.05) is 19.6 Å². The molecule has 0 bridgehead atoms. The van der Waals surface area contributed by atoms with Gasteiger partial charge in [-0.1, -0.05) is 48.7 Å². The molecule has 5 atom stereocenters. The zero-order chi connectivity index (χ0) is 49.8. The highest BCUT2D eigenvalue weighted by molar-refractivity contribution is 5.81. The van der Waals surface area contributed by atoms with Crippen molar-refractivity contribution >= 4 is 29.7 Å². The van der Waals surface area contributed by atoms with E-state index in [0.717, 1.165) is 24.8 Å². The zero-order valence-electron chi connectivity index (χ0n) is 40.5. The minimum Gasteiger partial charge on any atom is -0.508 e. The molecule has 6 rings (SSSR count). The van der Waals surface area contributed by atoms with Crippen LogP contribution in [0.15, 0.2) is 36.7 Å². The molecule has 2 amide bonds. The second-order valence-electron chi connectivity index (χ2n) is 17.4. The molecule has 3 aromatic heterocycles. The number of piperazine rings is 2. The standard InChI is InChI=1S/C46H71N17O7/c1-4-23-68-25-27-70-28-26-69-24-14-50-44-51-45(60-19-15-58(16-20-60)42(66)39(8-6-7-13-47)62-30-37(54-56-62)36(48)32-64)53-46(52-44)61-21-17-59(18-22-61)43(67)40(29-34-9-11-35(65)12-10-34)63-31-38(55-57-63)41(49)33(3)5-2/h1,9-12,30-31,33,36,39-41,64-65H,5-8,13-29,32,47-49H2,2-3H3,(H,50,51,52,53)/t33?,36-,39-,40+,41-/m0/s1. The number of benzene rings is 1. The molecule has 2 aliphatic heterocycles. The topological polar surface area (TPSA) is 305 Å². The summed E-state index contributed by atoms with van der Waals surface area (Å²) in [6, 6.07) is 4.46. The number of terminal acetylenes is 1. The van der Waals surface area contributed by atoms with Crippen LogP contribution in [0.5, 0.6) is 5.75 Å². The number of hydrogen-bond donors (Lipinski definition) is 6. The minimum atomic E-state index is -0.704. The van der Waals surface area contributed by atoms with Crippen molar-refractivity contribution in [3.05, 3.63) is 53.6 Å². The van der Waals surface area contributed by atoms with Crippen molar-refractivity contribution in [3.63, 3.8) is 0 Å². The van der Waals surface area contributed by atoms with Gasteiger partial charge >= 0.3 is 0 Å². The van der Waals surface area contributed by atoms with Gasteiger partial charge in [0.25, 0.3) is 0 Å². The first kappa shape index (κ1) is 53.3. The number of anilines is 3.